The normalized spacial score (nSPS) is 8.54. The molecule has 1 radical (unpaired) electrons. The third-order valence-electron chi connectivity index (χ3n) is 1.01. The molecule has 0 heterocycles. The maximum Gasteiger partial charge on any atom is 0.333 e. The first-order valence-electron chi connectivity index (χ1n) is 4.20. The summed E-state index contributed by atoms with van der Waals surface area (Å²) in [6, 6.07) is 0. The van der Waals surface area contributed by atoms with Gasteiger partial charge in [0.2, 0.25) is 0 Å². The summed E-state index contributed by atoms with van der Waals surface area (Å²) in [5, 5.41) is 0. The lowest BCUT2D eigenvalue weighted by Crippen LogP contribution is -2.04. The fraction of sp³-hybridized carbons (Fsp3) is 0.556. The second-order valence-electron chi connectivity index (χ2n) is 2.35. The highest BCUT2D eigenvalue weighted by molar-refractivity contribution is 5.97. The number of hydrogen-bond acceptors (Lipinski definition) is 3. The van der Waals surface area contributed by atoms with Crippen LogP contribution < -0.4 is 0 Å². The van der Waals surface area contributed by atoms with Crippen LogP contribution in [-0.2, 0) is 14.0 Å². The predicted molar refractivity (Wildman–Crippen MR) is 57.3 cm³/mol. The number of rotatable bonds is 4. The minimum Gasteiger partial charge on any atom is -0.462 e. The Bertz CT molecular complexity index is 144. The van der Waals surface area contributed by atoms with Crippen molar-refractivity contribution in [2.24, 2.45) is 0 Å². The molecule has 0 unspecified atom stereocenters. The van der Waals surface area contributed by atoms with Crippen LogP contribution in [0, 0.1) is 6.92 Å². The predicted octanol–water partition coefficient (Wildman–Crippen LogP) is 0.633. The van der Waals surface area contributed by atoms with Crippen molar-refractivity contribution in [3.8, 4) is 0 Å². The first-order chi connectivity index (χ1) is 6.09. The van der Waals surface area contributed by atoms with Crippen LogP contribution in [0.5, 0.6) is 0 Å². The van der Waals surface area contributed by atoms with Crippen LogP contribution in [0.1, 0.15) is 20.3 Å². The lowest BCUT2D eigenvalue weighted by Gasteiger charge is -1.99. The van der Waals surface area contributed by atoms with E-state index >= 15 is 0 Å². The van der Waals surface area contributed by atoms with Crippen LogP contribution in [0.2, 0.25) is 0 Å². The number of carbonyl (C=O) groups is 1. The van der Waals surface area contributed by atoms with Gasteiger partial charge in [0.25, 0.3) is 0 Å². The molecule has 0 atom stereocenters. The van der Waals surface area contributed by atoms with Gasteiger partial charge in [0, 0.05) is 12.2 Å². The standard InChI is InChI=1S/C7H11O2.C2H8OSi/c1-4-5-9-7(8)6(2)3;1-2-3-4/h1-2,4-5H2,3H3;2H2,1,4H3. The van der Waals surface area contributed by atoms with Crippen LogP contribution in [0.3, 0.4) is 0 Å². The van der Waals surface area contributed by atoms with Gasteiger partial charge in [-0.25, -0.2) is 4.79 Å². The molecular weight excluding hydrogens is 184 g/mol. The summed E-state index contributed by atoms with van der Waals surface area (Å²) in [5.74, 6) is -0.335. The first kappa shape index (κ1) is 14.9. The van der Waals surface area contributed by atoms with Gasteiger partial charge in [-0.05, 0) is 27.2 Å². The van der Waals surface area contributed by atoms with Gasteiger partial charge in [-0.2, -0.15) is 0 Å². The molecule has 0 fully saturated rings. The fourth-order valence-corrected chi connectivity index (χ4v) is 0.288. The van der Waals surface area contributed by atoms with Crippen LogP contribution in [0.4, 0.5) is 0 Å². The Morgan fingerprint density at radius 1 is 1.54 bits per heavy atom. The molecule has 0 rings (SSSR count). The molecule has 0 saturated heterocycles. The molecule has 3 nitrogen and oxygen atoms in total. The molecule has 0 bridgehead atoms. The van der Waals surface area contributed by atoms with Crippen molar-refractivity contribution < 1.29 is 14.0 Å². The highest BCUT2D eigenvalue weighted by Crippen LogP contribution is 1.91. The minimum absolute atomic E-state index is 0.335. The molecule has 13 heavy (non-hydrogen) atoms. The van der Waals surface area contributed by atoms with Crippen molar-refractivity contribution in [1.82, 2.24) is 0 Å². The SMILES string of the molecule is CCO[SiH3].[CH2]CCOC(=O)C(=C)C. The second-order valence-corrected chi connectivity index (χ2v) is 2.92. The van der Waals surface area contributed by atoms with Crippen molar-refractivity contribution in [2.45, 2.75) is 20.3 Å². The zero-order chi connectivity index (χ0) is 10.7. The Morgan fingerprint density at radius 2 is 2.00 bits per heavy atom. The molecule has 4 heteroatoms. The highest BCUT2D eigenvalue weighted by Gasteiger charge is 1.99. The van der Waals surface area contributed by atoms with Crippen molar-refractivity contribution in [1.29, 1.82) is 0 Å². The number of ether oxygens (including phenoxy) is 1. The summed E-state index contributed by atoms with van der Waals surface area (Å²) in [4.78, 5) is 10.6. The zero-order valence-corrected chi connectivity index (χ0v) is 10.8. The van der Waals surface area contributed by atoms with Gasteiger partial charge in [-0.1, -0.05) is 6.58 Å². The summed E-state index contributed by atoms with van der Waals surface area (Å²) < 4.78 is 9.33. The van der Waals surface area contributed by atoms with Crippen LogP contribution in [-0.4, -0.2) is 29.7 Å². The quantitative estimate of drug-likeness (QED) is 0.382. The lowest BCUT2D eigenvalue weighted by molar-refractivity contribution is -0.138. The number of carbonyl (C=O) groups excluding carboxylic acids is 1. The third-order valence-corrected chi connectivity index (χ3v) is 1.59. The topological polar surface area (TPSA) is 35.5 Å². The van der Waals surface area contributed by atoms with E-state index in [9.17, 15) is 4.79 Å². The second kappa shape index (κ2) is 11.4. The summed E-state index contributed by atoms with van der Waals surface area (Å²) in [7, 11) is 0.890. The van der Waals surface area contributed by atoms with Gasteiger partial charge < -0.3 is 9.16 Å². The maximum absolute atomic E-state index is 10.6. The lowest BCUT2D eigenvalue weighted by atomic mass is 10.4. The highest BCUT2D eigenvalue weighted by atomic mass is 28.2. The van der Waals surface area contributed by atoms with Gasteiger partial charge >= 0.3 is 5.97 Å². The minimum atomic E-state index is -0.335. The third kappa shape index (κ3) is 14.3. The average Bonchev–Trinajstić information content (AvgIpc) is 2.14. The molecular formula is C9H19O3Si. The molecule has 0 aromatic carbocycles. The van der Waals surface area contributed by atoms with E-state index in [1.54, 1.807) is 6.92 Å². The van der Waals surface area contributed by atoms with Gasteiger partial charge in [0.1, 0.15) is 10.5 Å². The Kier molecular flexibility index (Phi) is 13.0. The first-order valence-corrected chi connectivity index (χ1v) is 5.02. The largest absolute Gasteiger partial charge is 0.462 e. The average molecular weight is 203 g/mol. The van der Waals surface area contributed by atoms with Crippen LogP contribution >= 0.6 is 0 Å². The molecule has 77 valence electrons. The van der Waals surface area contributed by atoms with Gasteiger partial charge in [-0.3, -0.25) is 0 Å². The van der Waals surface area contributed by atoms with E-state index in [0.717, 1.165) is 17.1 Å². The summed E-state index contributed by atoms with van der Waals surface area (Å²) in [5.41, 5.74) is 0.434. The molecule has 0 N–H and O–H groups in total. The molecule has 0 aliphatic rings. The number of esters is 1. The van der Waals surface area contributed by atoms with E-state index in [1.807, 2.05) is 6.92 Å². The monoisotopic (exact) mass is 203 g/mol. The van der Waals surface area contributed by atoms with Gasteiger partial charge in [0.15, 0.2) is 0 Å². The molecule has 0 saturated carbocycles. The molecule has 0 aromatic heterocycles. The van der Waals surface area contributed by atoms with Gasteiger partial charge in [-0.15, -0.1) is 0 Å². The van der Waals surface area contributed by atoms with E-state index in [2.05, 4.69) is 22.7 Å². The van der Waals surface area contributed by atoms with E-state index < -0.39 is 0 Å². The van der Waals surface area contributed by atoms with Crippen LogP contribution in [0.25, 0.3) is 0 Å². The Morgan fingerprint density at radius 3 is 2.23 bits per heavy atom. The van der Waals surface area contributed by atoms with E-state index in [1.165, 1.54) is 0 Å². The van der Waals surface area contributed by atoms with Crippen molar-refractivity contribution >= 4 is 16.5 Å². The molecule has 0 aliphatic heterocycles. The Labute approximate surface area is 83.7 Å². The number of hydrogen-bond donors (Lipinski definition) is 0. The zero-order valence-electron chi connectivity index (χ0n) is 8.76. The summed E-state index contributed by atoms with van der Waals surface area (Å²) in [6.07, 6.45) is 0.610. The van der Waals surface area contributed by atoms with Crippen molar-refractivity contribution in [3.63, 3.8) is 0 Å². The molecule has 0 spiro atoms. The molecule has 0 aliphatic carbocycles. The molecule has 0 amide bonds. The van der Waals surface area contributed by atoms with Crippen molar-refractivity contribution in [2.75, 3.05) is 13.2 Å². The summed E-state index contributed by atoms with van der Waals surface area (Å²) in [6.45, 7) is 11.8. The Balaban J connectivity index is 0. The van der Waals surface area contributed by atoms with E-state index in [-0.39, 0.29) is 5.97 Å². The van der Waals surface area contributed by atoms with E-state index in [0.29, 0.717) is 18.6 Å². The summed E-state index contributed by atoms with van der Waals surface area (Å²) >= 11 is 0. The van der Waals surface area contributed by atoms with Crippen LogP contribution in [0.15, 0.2) is 12.2 Å². The smallest absolute Gasteiger partial charge is 0.333 e. The maximum atomic E-state index is 10.6. The van der Waals surface area contributed by atoms with Crippen molar-refractivity contribution in [3.05, 3.63) is 19.1 Å². The van der Waals surface area contributed by atoms with Gasteiger partial charge in [0.05, 0.1) is 6.61 Å². The Hall–Kier alpha value is -0.613. The molecule has 0 aromatic rings. The fourth-order valence-electron chi connectivity index (χ4n) is 0.288. The van der Waals surface area contributed by atoms with E-state index in [4.69, 9.17) is 0 Å².